The summed E-state index contributed by atoms with van der Waals surface area (Å²) in [6.07, 6.45) is 2.44. The van der Waals surface area contributed by atoms with Crippen LogP contribution in [0.5, 0.6) is 0 Å². The highest BCUT2D eigenvalue weighted by Gasteiger charge is 2.25. The Kier molecular flexibility index (Phi) is 5.24. The van der Waals surface area contributed by atoms with Crippen molar-refractivity contribution in [3.05, 3.63) is 65.9 Å². The Labute approximate surface area is 163 Å². The molecule has 0 aliphatic rings. The van der Waals surface area contributed by atoms with E-state index in [1.807, 2.05) is 0 Å². The van der Waals surface area contributed by atoms with E-state index in [0.29, 0.717) is 16.6 Å². The lowest BCUT2D eigenvalue weighted by atomic mass is 10.2. The average Bonchev–Trinajstić information content (AvgIpc) is 3.05. The number of anilines is 1. The first-order valence-electron chi connectivity index (χ1n) is 8.49. The summed E-state index contributed by atoms with van der Waals surface area (Å²) in [7, 11) is -2.44. The van der Waals surface area contributed by atoms with Crippen LogP contribution in [0.15, 0.2) is 54.7 Å². The fourth-order valence-corrected chi connectivity index (χ4v) is 3.99. The van der Waals surface area contributed by atoms with Gasteiger partial charge in [-0.15, -0.1) is 0 Å². The quantitative estimate of drug-likeness (QED) is 0.615. The van der Waals surface area contributed by atoms with Gasteiger partial charge in [0.25, 0.3) is 5.91 Å². The summed E-state index contributed by atoms with van der Waals surface area (Å²) >= 11 is 0. The van der Waals surface area contributed by atoms with Crippen LogP contribution in [0.2, 0.25) is 0 Å². The number of carbonyl (C=O) groups is 2. The van der Waals surface area contributed by atoms with Gasteiger partial charge < -0.3 is 4.74 Å². The van der Waals surface area contributed by atoms with E-state index >= 15 is 0 Å². The molecular formula is C20H20N2O5S. The first kappa shape index (κ1) is 19.6. The summed E-state index contributed by atoms with van der Waals surface area (Å²) in [5.74, 6) is -1.05. The molecule has 7 nitrogen and oxygen atoms in total. The molecule has 0 radical (unpaired) electrons. The van der Waals surface area contributed by atoms with Crippen molar-refractivity contribution < 1.29 is 22.7 Å². The van der Waals surface area contributed by atoms with Gasteiger partial charge in [-0.2, -0.15) is 0 Å². The van der Waals surface area contributed by atoms with Crippen molar-refractivity contribution in [1.29, 1.82) is 0 Å². The molecule has 0 atom stereocenters. The summed E-state index contributed by atoms with van der Waals surface area (Å²) in [6, 6.07) is 13.8. The van der Waals surface area contributed by atoms with E-state index in [1.54, 1.807) is 55.5 Å². The summed E-state index contributed by atoms with van der Waals surface area (Å²) < 4.78 is 31.9. The maximum absolute atomic E-state index is 13.0. The maximum atomic E-state index is 13.0. The van der Waals surface area contributed by atoms with E-state index < -0.39 is 28.4 Å². The molecule has 0 bridgehead atoms. The number of nitrogens with zero attached hydrogens (tertiary/aromatic N) is 2. The topological polar surface area (TPSA) is 85.7 Å². The second-order valence-corrected chi connectivity index (χ2v) is 8.28. The predicted octanol–water partition coefficient (Wildman–Crippen LogP) is 2.84. The molecule has 0 unspecified atom stereocenters. The van der Waals surface area contributed by atoms with Gasteiger partial charge in [0.2, 0.25) is 10.0 Å². The third-order valence-corrected chi connectivity index (χ3v) is 5.58. The Morgan fingerprint density at radius 3 is 2.36 bits per heavy atom. The summed E-state index contributed by atoms with van der Waals surface area (Å²) in [5.41, 5.74) is 1.91. The Morgan fingerprint density at radius 1 is 1.07 bits per heavy atom. The van der Waals surface area contributed by atoms with Gasteiger partial charge in [0.15, 0.2) is 0 Å². The van der Waals surface area contributed by atoms with Crippen molar-refractivity contribution in [3.63, 3.8) is 0 Å². The zero-order chi connectivity index (χ0) is 20.5. The van der Waals surface area contributed by atoms with Crippen LogP contribution in [-0.2, 0) is 14.8 Å². The third kappa shape index (κ3) is 3.63. The molecule has 0 fully saturated rings. The number of aromatic nitrogens is 1. The van der Waals surface area contributed by atoms with Crippen molar-refractivity contribution in [3.8, 4) is 0 Å². The van der Waals surface area contributed by atoms with Crippen LogP contribution in [0.3, 0.4) is 0 Å². The van der Waals surface area contributed by atoms with E-state index in [-0.39, 0.29) is 5.56 Å². The Balaban J connectivity index is 2.07. The highest BCUT2D eigenvalue weighted by molar-refractivity contribution is 7.92. The molecule has 0 spiro atoms. The summed E-state index contributed by atoms with van der Waals surface area (Å²) in [4.78, 5) is 25.1. The molecule has 8 heteroatoms. The van der Waals surface area contributed by atoms with Crippen molar-refractivity contribution in [1.82, 2.24) is 4.57 Å². The molecule has 0 aliphatic heterocycles. The number of para-hydroxylation sites is 2. The summed E-state index contributed by atoms with van der Waals surface area (Å²) in [6.45, 7) is 1.38. The Bertz CT molecular complexity index is 1160. The van der Waals surface area contributed by atoms with Crippen LogP contribution < -0.4 is 4.31 Å². The first-order valence-corrected chi connectivity index (χ1v) is 10.3. The number of ether oxygens (including phenoxy) is 1. The Hall–Kier alpha value is -3.13. The van der Waals surface area contributed by atoms with E-state index in [2.05, 4.69) is 0 Å². The maximum Gasteiger partial charge on any atom is 0.340 e. The zero-order valence-electron chi connectivity index (χ0n) is 15.7. The molecule has 0 saturated carbocycles. The second-order valence-electron chi connectivity index (χ2n) is 6.37. The number of aryl methyl sites for hydroxylation is 1. The molecule has 3 rings (SSSR count). The van der Waals surface area contributed by atoms with E-state index in [9.17, 15) is 18.0 Å². The van der Waals surface area contributed by atoms with Crippen molar-refractivity contribution in [2.75, 3.05) is 24.2 Å². The van der Waals surface area contributed by atoms with E-state index in [4.69, 9.17) is 4.74 Å². The molecule has 1 heterocycles. The van der Waals surface area contributed by atoms with Crippen LogP contribution in [0.1, 0.15) is 20.7 Å². The molecule has 0 amide bonds. The van der Waals surface area contributed by atoms with Crippen LogP contribution in [-0.4, -0.2) is 44.8 Å². The minimum absolute atomic E-state index is 0.244. The summed E-state index contributed by atoms with van der Waals surface area (Å²) in [5, 5.41) is 0.560. The fraction of sp³-hybridized carbons (Fsp3) is 0.200. The lowest BCUT2D eigenvalue weighted by molar-refractivity contribution is 0.0603. The molecule has 1 aromatic heterocycles. The highest BCUT2D eigenvalue weighted by atomic mass is 32.2. The Morgan fingerprint density at radius 2 is 1.71 bits per heavy atom. The largest absolute Gasteiger partial charge is 0.465 e. The lowest BCUT2D eigenvalue weighted by Crippen LogP contribution is -2.37. The van der Waals surface area contributed by atoms with Gasteiger partial charge in [0.1, 0.15) is 6.54 Å². The molecule has 0 aliphatic carbocycles. The number of fused-ring (bicyclic) bond motifs is 1. The van der Waals surface area contributed by atoms with Gasteiger partial charge in [-0.25, -0.2) is 13.2 Å². The number of esters is 1. The van der Waals surface area contributed by atoms with Crippen molar-refractivity contribution in [2.45, 2.75) is 6.92 Å². The minimum Gasteiger partial charge on any atom is -0.465 e. The van der Waals surface area contributed by atoms with Gasteiger partial charge >= 0.3 is 5.97 Å². The normalized spacial score (nSPS) is 11.4. The number of sulfonamides is 1. The van der Waals surface area contributed by atoms with Crippen LogP contribution in [0, 0.1) is 6.92 Å². The number of carbonyl (C=O) groups excluding carboxylic acids is 2. The SMILES string of the molecule is COC(=O)c1cn(C(=O)CN(c2ccccc2C)S(C)(=O)=O)c2ccccc12. The van der Waals surface area contributed by atoms with Crippen molar-refractivity contribution >= 4 is 38.5 Å². The van der Waals surface area contributed by atoms with Crippen LogP contribution in [0.25, 0.3) is 10.9 Å². The minimum atomic E-state index is -3.70. The van der Waals surface area contributed by atoms with E-state index in [0.717, 1.165) is 16.1 Å². The second kappa shape index (κ2) is 7.47. The standard InChI is InChI=1S/C20H20N2O5S/c1-14-8-4-6-10-17(14)22(28(3,25)26)13-19(23)21-12-16(20(24)27-2)15-9-5-7-11-18(15)21/h4-12H,13H2,1-3H3. The molecular weight excluding hydrogens is 380 g/mol. The molecule has 28 heavy (non-hydrogen) atoms. The van der Waals surface area contributed by atoms with Gasteiger partial charge in [-0.3, -0.25) is 13.7 Å². The van der Waals surface area contributed by atoms with Crippen LogP contribution >= 0.6 is 0 Å². The monoisotopic (exact) mass is 400 g/mol. The first-order chi connectivity index (χ1) is 13.2. The van der Waals surface area contributed by atoms with Gasteiger partial charge in [0, 0.05) is 11.6 Å². The van der Waals surface area contributed by atoms with Gasteiger partial charge in [0.05, 0.1) is 30.1 Å². The molecule has 2 aromatic carbocycles. The molecule has 0 saturated heterocycles. The lowest BCUT2D eigenvalue weighted by Gasteiger charge is -2.23. The van der Waals surface area contributed by atoms with E-state index in [1.165, 1.54) is 17.9 Å². The third-order valence-electron chi connectivity index (χ3n) is 4.45. The number of rotatable bonds is 5. The van der Waals surface area contributed by atoms with Crippen molar-refractivity contribution in [2.24, 2.45) is 0 Å². The fourth-order valence-electron chi connectivity index (χ4n) is 3.08. The van der Waals surface area contributed by atoms with Crippen LogP contribution in [0.4, 0.5) is 5.69 Å². The smallest absolute Gasteiger partial charge is 0.340 e. The molecule has 0 N–H and O–H groups in total. The average molecular weight is 400 g/mol. The van der Waals surface area contributed by atoms with Gasteiger partial charge in [-0.1, -0.05) is 36.4 Å². The zero-order valence-corrected chi connectivity index (χ0v) is 16.6. The molecule has 146 valence electrons. The van der Waals surface area contributed by atoms with Gasteiger partial charge in [-0.05, 0) is 24.6 Å². The molecule has 3 aromatic rings. The predicted molar refractivity (Wildman–Crippen MR) is 107 cm³/mol. The number of benzene rings is 2. The number of hydrogen-bond acceptors (Lipinski definition) is 5. The number of methoxy groups -OCH3 is 1. The highest BCUT2D eigenvalue weighted by Crippen LogP contribution is 2.25. The number of hydrogen-bond donors (Lipinski definition) is 0.